The Balaban J connectivity index is 2.50. The first kappa shape index (κ1) is 15.5. The molecule has 0 unspecified atom stereocenters. The van der Waals surface area contributed by atoms with E-state index in [1.165, 1.54) is 11.8 Å². The van der Waals surface area contributed by atoms with E-state index in [4.69, 9.17) is 0 Å². The van der Waals surface area contributed by atoms with Crippen LogP contribution in [0.1, 0.15) is 41.0 Å². The zero-order valence-corrected chi connectivity index (χ0v) is 13.2. The largest absolute Gasteiger partial charge is 0.478 e. The van der Waals surface area contributed by atoms with Crippen molar-refractivity contribution in [2.45, 2.75) is 43.5 Å². The maximum atomic E-state index is 11.6. The van der Waals surface area contributed by atoms with Gasteiger partial charge < -0.3 is 5.11 Å². The number of rotatable bonds is 5. The van der Waals surface area contributed by atoms with Crippen LogP contribution in [-0.2, 0) is 12.8 Å². The molecule has 2 aromatic rings. The molecule has 0 aliphatic heterocycles. The molecule has 0 spiro atoms. The molecule has 0 bridgehead atoms. The van der Waals surface area contributed by atoms with E-state index in [0.29, 0.717) is 17.9 Å². The summed E-state index contributed by atoms with van der Waals surface area (Å²) >= 11 is 1.35. The van der Waals surface area contributed by atoms with Crippen molar-refractivity contribution in [2.24, 2.45) is 0 Å². The molecule has 1 heterocycles. The molecule has 21 heavy (non-hydrogen) atoms. The Morgan fingerprint density at radius 1 is 1.24 bits per heavy atom. The van der Waals surface area contributed by atoms with Gasteiger partial charge in [0.2, 0.25) is 0 Å². The maximum absolute atomic E-state index is 11.6. The van der Waals surface area contributed by atoms with Gasteiger partial charge in [0.1, 0.15) is 5.03 Å². The molecule has 1 aromatic heterocycles. The second kappa shape index (κ2) is 6.72. The minimum Gasteiger partial charge on any atom is -0.478 e. The summed E-state index contributed by atoms with van der Waals surface area (Å²) in [5.74, 6) is -0.938. The Labute approximate surface area is 128 Å². The summed E-state index contributed by atoms with van der Waals surface area (Å²) in [6, 6.07) is 7.92. The van der Waals surface area contributed by atoms with Gasteiger partial charge in [0.05, 0.1) is 11.3 Å². The molecule has 1 N–H and O–H groups in total. The van der Waals surface area contributed by atoms with E-state index in [-0.39, 0.29) is 5.56 Å². The lowest BCUT2D eigenvalue weighted by Gasteiger charge is -2.12. The highest BCUT2D eigenvalue weighted by Gasteiger charge is 2.21. The fourth-order valence-corrected chi connectivity index (χ4v) is 3.25. The molecular formula is C16H18N2O2S. The van der Waals surface area contributed by atoms with Crippen LogP contribution in [0, 0.1) is 6.92 Å². The van der Waals surface area contributed by atoms with Crippen LogP contribution in [-0.4, -0.2) is 21.3 Å². The SMILES string of the molecule is CCc1nnc(Sc2cccc(C)c2)c(C(=O)O)c1CC. The number of hydrogen-bond donors (Lipinski definition) is 1. The van der Waals surface area contributed by atoms with Gasteiger partial charge in [0.15, 0.2) is 0 Å². The van der Waals surface area contributed by atoms with Crippen LogP contribution in [0.2, 0.25) is 0 Å². The van der Waals surface area contributed by atoms with Crippen molar-refractivity contribution >= 4 is 17.7 Å². The van der Waals surface area contributed by atoms with Crippen molar-refractivity contribution in [2.75, 3.05) is 0 Å². The Hall–Kier alpha value is -1.88. The average Bonchev–Trinajstić information content (AvgIpc) is 2.46. The zero-order chi connectivity index (χ0) is 15.4. The average molecular weight is 302 g/mol. The molecule has 0 fully saturated rings. The Morgan fingerprint density at radius 2 is 2.00 bits per heavy atom. The third-order valence-electron chi connectivity index (χ3n) is 3.23. The van der Waals surface area contributed by atoms with E-state index in [1.54, 1.807) is 0 Å². The highest BCUT2D eigenvalue weighted by molar-refractivity contribution is 7.99. The van der Waals surface area contributed by atoms with Crippen molar-refractivity contribution in [3.8, 4) is 0 Å². The van der Waals surface area contributed by atoms with Crippen LogP contribution >= 0.6 is 11.8 Å². The number of aryl methyl sites for hydroxylation is 2. The second-order valence-corrected chi connectivity index (χ2v) is 5.80. The molecular weight excluding hydrogens is 284 g/mol. The van der Waals surface area contributed by atoms with Crippen LogP contribution in [0.25, 0.3) is 0 Å². The summed E-state index contributed by atoms with van der Waals surface area (Å²) in [4.78, 5) is 12.6. The van der Waals surface area contributed by atoms with Crippen LogP contribution in [0.3, 0.4) is 0 Å². The molecule has 0 saturated carbocycles. The predicted octanol–water partition coefficient (Wildman–Crippen LogP) is 3.76. The number of carbonyl (C=O) groups is 1. The second-order valence-electron chi connectivity index (χ2n) is 4.74. The van der Waals surface area contributed by atoms with Crippen LogP contribution in [0.4, 0.5) is 0 Å². The third kappa shape index (κ3) is 3.42. The predicted molar refractivity (Wildman–Crippen MR) is 83.0 cm³/mol. The summed E-state index contributed by atoms with van der Waals surface area (Å²) in [5.41, 5.74) is 2.97. The number of aromatic carboxylic acids is 1. The Kier molecular flexibility index (Phi) is 4.96. The molecule has 1 aromatic carbocycles. The lowest BCUT2D eigenvalue weighted by atomic mass is 10.0. The van der Waals surface area contributed by atoms with E-state index in [1.807, 2.05) is 45.0 Å². The molecule has 5 heteroatoms. The van der Waals surface area contributed by atoms with E-state index in [2.05, 4.69) is 10.2 Å². The highest BCUT2D eigenvalue weighted by atomic mass is 32.2. The smallest absolute Gasteiger partial charge is 0.338 e. The monoisotopic (exact) mass is 302 g/mol. The van der Waals surface area contributed by atoms with Gasteiger partial charge in [-0.15, -0.1) is 5.10 Å². The van der Waals surface area contributed by atoms with E-state index in [9.17, 15) is 9.90 Å². The first-order chi connectivity index (χ1) is 10.1. The number of aromatic nitrogens is 2. The van der Waals surface area contributed by atoms with Gasteiger partial charge in [-0.1, -0.05) is 43.3 Å². The lowest BCUT2D eigenvalue weighted by Crippen LogP contribution is -2.11. The van der Waals surface area contributed by atoms with Crippen molar-refractivity contribution in [1.82, 2.24) is 10.2 Å². The van der Waals surface area contributed by atoms with Gasteiger partial charge in [-0.05, 0) is 37.5 Å². The Bertz CT molecular complexity index is 671. The molecule has 0 aliphatic rings. The number of hydrogen-bond acceptors (Lipinski definition) is 4. The van der Waals surface area contributed by atoms with Gasteiger partial charge in [0.25, 0.3) is 0 Å². The molecule has 0 saturated heterocycles. The molecule has 110 valence electrons. The Morgan fingerprint density at radius 3 is 2.57 bits per heavy atom. The van der Waals surface area contributed by atoms with Crippen LogP contribution < -0.4 is 0 Å². The normalized spacial score (nSPS) is 10.6. The van der Waals surface area contributed by atoms with Crippen LogP contribution in [0.5, 0.6) is 0 Å². The first-order valence-corrected chi connectivity index (χ1v) is 7.74. The van der Waals surface area contributed by atoms with Gasteiger partial charge in [-0.25, -0.2) is 4.79 Å². The van der Waals surface area contributed by atoms with Crippen LogP contribution in [0.15, 0.2) is 34.2 Å². The van der Waals surface area contributed by atoms with Gasteiger partial charge >= 0.3 is 5.97 Å². The number of carboxylic acids is 1. The third-order valence-corrected chi connectivity index (χ3v) is 4.20. The standard InChI is InChI=1S/C16H18N2O2S/c1-4-12-13(5-2)17-18-15(14(12)16(19)20)21-11-8-6-7-10(3)9-11/h6-9H,4-5H2,1-3H3,(H,19,20). The molecule has 2 rings (SSSR count). The minimum atomic E-state index is -0.938. The maximum Gasteiger partial charge on any atom is 0.338 e. The zero-order valence-electron chi connectivity index (χ0n) is 12.4. The van der Waals surface area contributed by atoms with Gasteiger partial charge in [-0.3, -0.25) is 0 Å². The number of carboxylic acid groups (broad SMARTS) is 1. The van der Waals surface area contributed by atoms with E-state index < -0.39 is 5.97 Å². The number of nitrogens with zero attached hydrogens (tertiary/aromatic N) is 2. The summed E-state index contributed by atoms with van der Waals surface area (Å²) in [6.45, 7) is 5.91. The van der Waals surface area contributed by atoms with Gasteiger partial charge in [0, 0.05) is 4.90 Å². The highest BCUT2D eigenvalue weighted by Crippen LogP contribution is 2.31. The summed E-state index contributed by atoms with van der Waals surface area (Å²) in [7, 11) is 0. The molecule has 0 aliphatic carbocycles. The van der Waals surface area contributed by atoms with E-state index >= 15 is 0 Å². The fourth-order valence-electron chi connectivity index (χ4n) is 2.24. The topological polar surface area (TPSA) is 63.1 Å². The quantitative estimate of drug-likeness (QED) is 0.911. The van der Waals surface area contributed by atoms with Gasteiger partial charge in [-0.2, -0.15) is 5.10 Å². The molecule has 0 amide bonds. The van der Waals surface area contributed by atoms with E-state index in [0.717, 1.165) is 21.7 Å². The first-order valence-electron chi connectivity index (χ1n) is 6.93. The molecule has 0 atom stereocenters. The van der Waals surface area contributed by atoms with Crippen molar-refractivity contribution in [3.63, 3.8) is 0 Å². The lowest BCUT2D eigenvalue weighted by molar-refractivity contribution is 0.0690. The summed E-state index contributed by atoms with van der Waals surface area (Å²) < 4.78 is 0. The van der Waals surface area contributed by atoms with Crippen molar-refractivity contribution in [3.05, 3.63) is 46.6 Å². The summed E-state index contributed by atoms with van der Waals surface area (Å²) in [5, 5.41) is 18.3. The minimum absolute atomic E-state index is 0.288. The van der Waals surface area contributed by atoms with Crippen molar-refractivity contribution in [1.29, 1.82) is 0 Å². The van der Waals surface area contributed by atoms with Crippen molar-refractivity contribution < 1.29 is 9.90 Å². The molecule has 4 nitrogen and oxygen atoms in total. The molecule has 0 radical (unpaired) electrons. The summed E-state index contributed by atoms with van der Waals surface area (Å²) in [6.07, 6.45) is 1.33. The number of benzene rings is 1. The fraction of sp³-hybridized carbons (Fsp3) is 0.312.